The fourth-order valence-corrected chi connectivity index (χ4v) is 3.99. The average Bonchev–Trinajstić information content (AvgIpc) is 2.70. The highest BCUT2D eigenvalue weighted by Crippen LogP contribution is 2.35. The molecule has 0 saturated heterocycles. The number of benzene rings is 2. The zero-order valence-electron chi connectivity index (χ0n) is 16.9. The van der Waals surface area contributed by atoms with Crippen LogP contribution in [0, 0.1) is 0 Å². The molecule has 0 aliphatic rings. The number of hydrogen-bond acceptors (Lipinski definition) is 7. The smallest absolute Gasteiger partial charge is 0.260 e. The van der Waals surface area contributed by atoms with Gasteiger partial charge in [0.15, 0.2) is 11.5 Å². The maximum Gasteiger partial charge on any atom is 0.260 e. The quantitative estimate of drug-likeness (QED) is 0.419. The lowest BCUT2D eigenvalue weighted by atomic mass is 10.2. The lowest BCUT2D eigenvalue weighted by Gasteiger charge is -2.21. The van der Waals surface area contributed by atoms with E-state index in [4.69, 9.17) is 14.2 Å². The summed E-state index contributed by atoms with van der Waals surface area (Å²) in [6, 6.07) is 9.82. The molecule has 0 aliphatic heterocycles. The summed E-state index contributed by atoms with van der Waals surface area (Å²) >= 11 is 3.37. The molecular formula is C19H22BrN3O6S. The molecule has 1 amide bonds. The summed E-state index contributed by atoms with van der Waals surface area (Å²) in [6.45, 7) is -0.445. The van der Waals surface area contributed by atoms with Gasteiger partial charge in [-0.25, -0.2) is 13.8 Å². The van der Waals surface area contributed by atoms with Crippen molar-refractivity contribution in [2.24, 2.45) is 5.10 Å². The number of sulfonamides is 1. The lowest BCUT2D eigenvalue weighted by Crippen LogP contribution is -2.39. The maximum absolute atomic E-state index is 12.3. The molecular weight excluding hydrogens is 478 g/mol. The van der Waals surface area contributed by atoms with E-state index in [9.17, 15) is 13.2 Å². The Morgan fingerprint density at radius 2 is 1.90 bits per heavy atom. The number of halogens is 1. The summed E-state index contributed by atoms with van der Waals surface area (Å²) in [7, 11) is 0.787. The van der Waals surface area contributed by atoms with E-state index in [1.165, 1.54) is 33.6 Å². The van der Waals surface area contributed by atoms with E-state index >= 15 is 0 Å². The third-order valence-corrected chi connectivity index (χ3v) is 5.62. The molecule has 0 atom stereocenters. The zero-order valence-corrected chi connectivity index (χ0v) is 19.3. The first kappa shape index (κ1) is 23.5. The third kappa shape index (κ3) is 6.10. The van der Waals surface area contributed by atoms with Crippen LogP contribution in [0.4, 0.5) is 5.69 Å². The minimum absolute atomic E-state index is 0.305. The molecule has 2 aromatic carbocycles. The molecule has 0 fully saturated rings. The van der Waals surface area contributed by atoms with Crippen molar-refractivity contribution in [3.05, 3.63) is 46.4 Å². The molecule has 0 unspecified atom stereocenters. The van der Waals surface area contributed by atoms with Gasteiger partial charge in [-0.2, -0.15) is 5.10 Å². The van der Waals surface area contributed by atoms with Crippen LogP contribution in [0.3, 0.4) is 0 Å². The molecule has 0 spiro atoms. The topological polar surface area (TPSA) is 107 Å². The van der Waals surface area contributed by atoms with Crippen LogP contribution in [0.5, 0.6) is 17.2 Å². The second-order valence-corrected chi connectivity index (χ2v) is 8.76. The summed E-state index contributed by atoms with van der Waals surface area (Å²) in [5.41, 5.74) is 3.26. The second kappa shape index (κ2) is 10.3. The largest absolute Gasteiger partial charge is 0.497 e. The number of nitrogens with zero attached hydrogens (tertiary/aromatic N) is 2. The Morgan fingerprint density at radius 1 is 1.17 bits per heavy atom. The average molecular weight is 500 g/mol. The van der Waals surface area contributed by atoms with Gasteiger partial charge in [-0.05, 0) is 45.8 Å². The van der Waals surface area contributed by atoms with E-state index in [2.05, 4.69) is 26.5 Å². The van der Waals surface area contributed by atoms with Crippen LogP contribution in [0.2, 0.25) is 0 Å². The van der Waals surface area contributed by atoms with Crippen molar-refractivity contribution >= 4 is 43.8 Å². The third-order valence-electron chi connectivity index (χ3n) is 3.89. The van der Waals surface area contributed by atoms with Crippen molar-refractivity contribution in [3.8, 4) is 17.2 Å². The van der Waals surface area contributed by atoms with E-state index in [0.717, 1.165) is 10.6 Å². The number of hydrogen-bond donors (Lipinski definition) is 1. The first-order chi connectivity index (χ1) is 14.2. The number of anilines is 1. The molecule has 162 valence electrons. The number of nitrogens with one attached hydrogen (secondary N) is 1. The summed E-state index contributed by atoms with van der Waals surface area (Å²) in [5, 5.41) is 3.89. The number of ether oxygens (including phenoxy) is 3. The predicted octanol–water partition coefficient (Wildman–Crippen LogP) is 2.39. The molecule has 2 rings (SSSR count). The normalized spacial score (nSPS) is 11.2. The van der Waals surface area contributed by atoms with Gasteiger partial charge in [-0.15, -0.1) is 0 Å². The zero-order chi connectivity index (χ0) is 22.3. The molecule has 0 bridgehead atoms. The van der Waals surface area contributed by atoms with Gasteiger partial charge in [-0.3, -0.25) is 9.10 Å². The summed E-state index contributed by atoms with van der Waals surface area (Å²) < 4.78 is 41.6. The molecule has 0 aliphatic carbocycles. The fourth-order valence-electron chi connectivity index (χ4n) is 2.52. The number of amides is 1. The molecule has 0 saturated carbocycles. The number of methoxy groups -OCH3 is 3. The highest BCUT2D eigenvalue weighted by Gasteiger charge is 2.21. The Morgan fingerprint density at radius 3 is 2.50 bits per heavy atom. The second-order valence-electron chi connectivity index (χ2n) is 6.00. The first-order valence-electron chi connectivity index (χ1n) is 8.54. The highest BCUT2D eigenvalue weighted by molar-refractivity contribution is 9.10. The molecule has 30 heavy (non-hydrogen) atoms. The highest BCUT2D eigenvalue weighted by atomic mass is 79.9. The molecule has 0 heterocycles. The SMILES string of the molecule is COc1cccc(N(CC(=O)N/N=C\c2cc(Br)c(OC)c(OC)c2)S(C)(=O)=O)c1. The Labute approximate surface area is 183 Å². The fraction of sp³-hybridized carbons (Fsp3) is 0.263. The van der Waals surface area contributed by atoms with Crippen LogP contribution >= 0.6 is 15.9 Å². The van der Waals surface area contributed by atoms with Crippen molar-refractivity contribution in [1.82, 2.24) is 5.43 Å². The lowest BCUT2D eigenvalue weighted by molar-refractivity contribution is -0.119. The van der Waals surface area contributed by atoms with E-state index in [1.54, 1.807) is 30.3 Å². The number of carbonyl (C=O) groups is 1. The van der Waals surface area contributed by atoms with E-state index < -0.39 is 22.5 Å². The van der Waals surface area contributed by atoms with Crippen LogP contribution in [0.15, 0.2) is 46.0 Å². The Kier molecular flexibility index (Phi) is 8.07. The Hall–Kier alpha value is -2.79. The van der Waals surface area contributed by atoms with Crippen LogP contribution in [-0.4, -0.2) is 54.7 Å². The van der Waals surface area contributed by atoms with E-state index in [-0.39, 0.29) is 0 Å². The monoisotopic (exact) mass is 499 g/mol. The van der Waals surface area contributed by atoms with Crippen molar-refractivity contribution in [2.75, 3.05) is 38.4 Å². The van der Waals surface area contributed by atoms with Crippen molar-refractivity contribution < 1.29 is 27.4 Å². The minimum Gasteiger partial charge on any atom is -0.497 e. The number of hydrazone groups is 1. The van der Waals surface area contributed by atoms with Gasteiger partial charge in [0.1, 0.15) is 12.3 Å². The Balaban J connectivity index is 2.14. The van der Waals surface area contributed by atoms with Crippen LogP contribution < -0.4 is 23.9 Å². The van der Waals surface area contributed by atoms with Gasteiger partial charge in [0.05, 0.1) is 44.0 Å². The maximum atomic E-state index is 12.3. The van der Waals surface area contributed by atoms with Crippen LogP contribution in [0.25, 0.3) is 0 Å². The first-order valence-corrected chi connectivity index (χ1v) is 11.2. The molecule has 0 radical (unpaired) electrons. The van der Waals surface area contributed by atoms with E-state index in [1.807, 2.05) is 0 Å². The summed E-state index contributed by atoms with van der Waals surface area (Å²) in [4.78, 5) is 12.3. The van der Waals surface area contributed by atoms with Gasteiger partial charge in [0.2, 0.25) is 10.0 Å². The van der Waals surface area contributed by atoms with Crippen LogP contribution in [0.1, 0.15) is 5.56 Å². The van der Waals surface area contributed by atoms with E-state index in [0.29, 0.717) is 33.0 Å². The molecule has 1 N–H and O–H groups in total. The summed E-state index contributed by atoms with van der Waals surface area (Å²) in [5.74, 6) is 0.874. The predicted molar refractivity (Wildman–Crippen MR) is 118 cm³/mol. The van der Waals surface area contributed by atoms with Crippen molar-refractivity contribution in [1.29, 1.82) is 0 Å². The minimum atomic E-state index is -3.71. The Bertz CT molecular complexity index is 1040. The molecule has 0 aromatic heterocycles. The van der Waals surface area contributed by atoms with Gasteiger partial charge in [0, 0.05) is 6.07 Å². The van der Waals surface area contributed by atoms with Gasteiger partial charge in [-0.1, -0.05) is 6.07 Å². The van der Waals surface area contributed by atoms with Gasteiger partial charge in [0.25, 0.3) is 5.91 Å². The van der Waals surface area contributed by atoms with Crippen LogP contribution in [-0.2, 0) is 14.8 Å². The molecule has 11 heteroatoms. The molecule has 9 nitrogen and oxygen atoms in total. The standard InChI is InChI=1S/C19H22BrN3O6S/c1-27-15-7-5-6-14(10-15)23(30(4,25)26)12-18(24)22-21-11-13-8-16(20)19(29-3)17(9-13)28-2/h5-11H,12H2,1-4H3,(H,22,24)/b21-11-. The van der Waals surface area contributed by atoms with Gasteiger partial charge < -0.3 is 14.2 Å². The number of rotatable bonds is 9. The summed E-state index contributed by atoms with van der Waals surface area (Å²) in [6.07, 6.45) is 2.42. The van der Waals surface area contributed by atoms with Crippen molar-refractivity contribution in [3.63, 3.8) is 0 Å². The van der Waals surface area contributed by atoms with Gasteiger partial charge >= 0.3 is 0 Å². The van der Waals surface area contributed by atoms with Crippen molar-refractivity contribution in [2.45, 2.75) is 0 Å². The number of carbonyl (C=O) groups excluding carboxylic acids is 1. The molecule has 2 aromatic rings.